The van der Waals surface area contributed by atoms with E-state index in [1.807, 2.05) is 4.72 Å². The SMILES string of the molecule is N#Cc1ccc(NS(=O)(=O)c2ccc(F)cc2Cl)c(F)c1. The van der Waals surface area contributed by atoms with E-state index in [-0.39, 0.29) is 21.2 Å². The number of nitrogens with one attached hydrogen (secondary N) is 1. The lowest BCUT2D eigenvalue weighted by Crippen LogP contribution is -2.14. The van der Waals surface area contributed by atoms with Gasteiger partial charge < -0.3 is 0 Å². The van der Waals surface area contributed by atoms with E-state index >= 15 is 0 Å². The molecule has 0 amide bonds. The molecule has 8 heteroatoms. The Morgan fingerprint density at radius 3 is 2.43 bits per heavy atom. The van der Waals surface area contributed by atoms with Crippen LogP contribution in [-0.4, -0.2) is 8.42 Å². The Balaban J connectivity index is 2.40. The van der Waals surface area contributed by atoms with Crippen molar-refractivity contribution in [2.24, 2.45) is 0 Å². The number of sulfonamides is 1. The third-order valence-corrected chi connectivity index (χ3v) is 4.37. The van der Waals surface area contributed by atoms with Gasteiger partial charge in [-0.3, -0.25) is 4.72 Å². The molecule has 4 nitrogen and oxygen atoms in total. The summed E-state index contributed by atoms with van der Waals surface area (Å²) < 4.78 is 52.8. The van der Waals surface area contributed by atoms with Crippen molar-refractivity contribution >= 4 is 27.3 Å². The van der Waals surface area contributed by atoms with E-state index in [1.54, 1.807) is 6.07 Å². The highest BCUT2D eigenvalue weighted by molar-refractivity contribution is 7.92. The van der Waals surface area contributed by atoms with Crippen molar-refractivity contribution in [1.29, 1.82) is 5.26 Å². The van der Waals surface area contributed by atoms with Gasteiger partial charge in [0, 0.05) is 0 Å². The maximum absolute atomic E-state index is 13.7. The number of nitriles is 1. The average Bonchev–Trinajstić information content (AvgIpc) is 2.40. The van der Waals surface area contributed by atoms with E-state index < -0.39 is 21.7 Å². The molecule has 0 aliphatic heterocycles. The van der Waals surface area contributed by atoms with Crippen LogP contribution in [0.3, 0.4) is 0 Å². The van der Waals surface area contributed by atoms with Crippen molar-refractivity contribution in [2.75, 3.05) is 4.72 Å². The summed E-state index contributed by atoms with van der Waals surface area (Å²) in [6.45, 7) is 0. The number of halogens is 3. The Hall–Kier alpha value is -2.17. The van der Waals surface area contributed by atoms with Crippen molar-refractivity contribution in [3.05, 3.63) is 58.6 Å². The molecule has 0 saturated heterocycles. The lowest BCUT2D eigenvalue weighted by atomic mass is 10.2. The number of hydrogen-bond donors (Lipinski definition) is 1. The standard InChI is InChI=1S/C13H7ClF2N2O2S/c14-10-6-9(15)2-4-13(10)21(19,20)18-12-3-1-8(7-17)5-11(12)16/h1-6,18H. The summed E-state index contributed by atoms with van der Waals surface area (Å²) in [6.07, 6.45) is 0. The van der Waals surface area contributed by atoms with Crippen LogP contribution in [0, 0.1) is 23.0 Å². The second kappa shape index (κ2) is 5.68. The Kier molecular flexibility index (Phi) is 4.11. The molecule has 2 aromatic rings. The summed E-state index contributed by atoms with van der Waals surface area (Å²) in [5, 5.41) is 8.29. The minimum absolute atomic E-state index is 0.0512. The molecule has 0 bridgehead atoms. The van der Waals surface area contributed by atoms with Crippen LogP contribution in [0.25, 0.3) is 0 Å². The highest BCUT2D eigenvalue weighted by atomic mass is 35.5. The quantitative estimate of drug-likeness (QED) is 0.939. The second-order valence-electron chi connectivity index (χ2n) is 3.99. The number of rotatable bonds is 3. The minimum Gasteiger partial charge on any atom is -0.277 e. The van der Waals surface area contributed by atoms with Gasteiger partial charge in [0.1, 0.15) is 16.5 Å². The Bertz CT molecular complexity index is 848. The van der Waals surface area contributed by atoms with Gasteiger partial charge in [-0.05, 0) is 36.4 Å². The van der Waals surface area contributed by atoms with Crippen LogP contribution >= 0.6 is 11.6 Å². The zero-order chi connectivity index (χ0) is 15.6. The summed E-state index contributed by atoms with van der Waals surface area (Å²) in [6, 6.07) is 7.73. The lowest BCUT2D eigenvalue weighted by Gasteiger charge is -2.10. The molecule has 0 atom stereocenters. The smallest absolute Gasteiger partial charge is 0.263 e. The zero-order valence-electron chi connectivity index (χ0n) is 10.3. The van der Waals surface area contributed by atoms with Crippen LogP contribution in [0.5, 0.6) is 0 Å². The first-order valence-electron chi connectivity index (χ1n) is 5.51. The zero-order valence-corrected chi connectivity index (χ0v) is 11.8. The van der Waals surface area contributed by atoms with Gasteiger partial charge in [-0.2, -0.15) is 5.26 Å². The first-order valence-corrected chi connectivity index (χ1v) is 7.37. The maximum Gasteiger partial charge on any atom is 0.263 e. The number of anilines is 1. The molecule has 0 unspecified atom stereocenters. The normalized spacial score (nSPS) is 11.0. The van der Waals surface area contributed by atoms with Crippen molar-refractivity contribution in [3.63, 3.8) is 0 Å². The van der Waals surface area contributed by atoms with E-state index in [1.165, 1.54) is 6.07 Å². The van der Waals surface area contributed by atoms with Gasteiger partial charge >= 0.3 is 0 Å². The molecule has 0 spiro atoms. The van der Waals surface area contributed by atoms with Crippen molar-refractivity contribution < 1.29 is 17.2 Å². The highest BCUT2D eigenvalue weighted by Gasteiger charge is 2.20. The van der Waals surface area contributed by atoms with Crippen LogP contribution < -0.4 is 4.72 Å². The van der Waals surface area contributed by atoms with Crippen LogP contribution in [0.15, 0.2) is 41.3 Å². The van der Waals surface area contributed by atoms with E-state index in [9.17, 15) is 17.2 Å². The van der Waals surface area contributed by atoms with Gasteiger partial charge in [0.25, 0.3) is 10.0 Å². The van der Waals surface area contributed by atoms with Crippen LogP contribution in [0.2, 0.25) is 5.02 Å². The molecular formula is C13H7ClF2N2O2S. The molecule has 21 heavy (non-hydrogen) atoms. The maximum atomic E-state index is 13.7. The Morgan fingerprint density at radius 2 is 1.86 bits per heavy atom. The Labute approximate surface area is 124 Å². The number of hydrogen-bond acceptors (Lipinski definition) is 3. The highest BCUT2D eigenvalue weighted by Crippen LogP contribution is 2.25. The molecule has 0 heterocycles. The van der Waals surface area contributed by atoms with Gasteiger partial charge in [0.05, 0.1) is 22.3 Å². The third kappa shape index (κ3) is 3.29. The van der Waals surface area contributed by atoms with Crippen molar-refractivity contribution in [1.82, 2.24) is 0 Å². The topological polar surface area (TPSA) is 70.0 Å². The van der Waals surface area contributed by atoms with Gasteiger partial charge in [-0.1, -0.05) is 11.6 Å². The molecule has 0 saturated carbocycles. The van der Waals surface area contributed by atoms with Crippen LogP contribution in [0.4, 0.5) is 14.5 Å². The predicted octanol–water partition coefficient (Wildman–Crippen LogP) is 3.29. The Morgan fingerprint density at radius 1 is 1.14 bits per heavy atom. The summed E-state index contributed by atoms with van der Waals surface area (Å²) in [7, 11) is -4.17. The molecular weight excluding hydrogens is 322 g/mol. The van der Waals surface area contributed by atoms with E-state index in [2.05, 4.69) is 0 Å². The number of benzene rings is 2. The third-order valence-electron chi connectivity index (χ3n) is 2.53. The van der Waals surface area contributed by atoms with Crippen LogP contribution in [0.1, 0.15) is 5.56 Å². The fourth-order valence-corrected chi connectivity index (χ4v) is 3.16. The first kappa shape index (κ1) is 15.2. The minimum atomic E-state index is -4.17. The average molecular weight is 329 g/mol. The predicted molar refractivity (Wildman–Crippen MR) is 73.3 cm³/mol. The van der Waals surface area contributed by atoms with Gasteiger partial charge in [0.15, 0.2) is 0 Å². The lowest BCUT2D eigenvalue weighted by molar-refractivity contribution is 0.597. The molecule has 1 N–H and O–H groups in total. The molecule has 108 valence electrons. The van der Waals surface area contributed by atoms with Crippen LogP contribution in [-0.2, 0) is 10.0 Å². The van der Waals surface area contributed by atoms with Crippen molar-refractivity contribution in [3.8, 4) is 6.07 Å². The second-order valence-corrected chi connectivity index (χ2v) is 6.04. The molecule has 2 rings (SSSR count). The molecule has 0 aliphatic carbocycles. The molecule has 0 aromatic heterocycles. The van der Waals surface area contributed by atoms with Gasteiger partial charge in [0.2, 0.25) is 0 Å². The fourth-order valence-electron chi connectivity index (χ4n) is 1.56. The largest absolute Gasteiger partial charge is 0.277 e. The van der Waals surface area contributed by atoms with Gasteiger partial charge in [-0.15, -0.1) is 0 Å². The summed E-state index contributed by atoms with van der Waals surface area (Å²) in [5.41, 5.74) is -0.287. The summed E-state index contributed by atoms with van der Waals surface area (Å²) >= 11 is 5.67. The van der Waals surface area contributed by atoms with Crippen molar-refractivity contribution in [2.45, 2.75) is 4.90 Å². The van der Waals surface area contributed by atoms with E-state index in [0.717, 1.165) is 30.3 Å². The fraction of sp³-hybridized carbons (Fsp3) is 0. The van der Waals surface area contributed by atoms with Gasteiger partial charge in [-0.25, -0.2) is 17.2 Å². The summed E-state index contributed by atoms with van der Waals surface area (Å²) in [4.78, 5) is -0.380. The first-order chi connectivity index (χ1) is 9.83. The molecule has 0 fully saturated rings. The molecule has 0 radical (unpaired) electrons. The number of nitrogens with zero attached hydrogens (tertiary/aromatic N) is 1. The van der Waals surface area contributed by atoms with E-state index in [0.29, 0.717) is 0 Å². The molecule has 0 aliphatic rings. The van der Waals surface area contributed by atoms with E-state index in [4.69, 9.17) is 16.9 Å². The molecule has 2 aromatic carbocycles. The monoisotopic (exact) mass is 328 g/mol. The summed E-state index contributed by atoms with van der Waals surface area (Å²) in [5.74, 6) is -1.60.